The average Bonchev–Trinajstić information content (AvgIpc) is 2.50. The number of aliphatic hydroxyl groups is 1. The van der Waals surface area contributed by atoms with E-state index in [0.717, 1.165) is 23.8 Å². The van der Waals surface area contributed by atoms with Gasteiger partial charge in [-0.3, -0.25) is 0 Å². The number of aliphatic hydroxyl groups excluding tert-OH is 1. The van der Waals surface area contributed by atoms with Gasteiger partial charge in [0.25, 0.3) is 0 Å². The summed E-state index contributed by atoms with van der Waals surface area (Å²) in [7, 11) is 0. The number of ether oxygens (including phenoxy) is 1. The van der Waals surface area contributed by atoms with Crippen molar-refractivity contribution < 1.29 is 15.2 Å². The Bertz CT molecular complexity index is 487. The normalized spacial score (nSPS) is 23.3. The first kappa shape index (κ1) is 17.3. The summed E-state index contributed by atoms with van der Waals surface area (Å²) in [6.07, 6.45) is 4.90. The summed E-state index contributed by atoms with van der Waals surface area (Å²) in [5, 5.41) is 12.5. The highest BCUT2D eigenvalue weighted by atomic mass is 16.5. The van der Waals surface area contributed by atoms with Crippen molar-refractivity contribution in [2.24, 2.45) is 5.92 Å². The van der Waals surface area contributed by atoms with E-state index in [1.807, 2.05) is 0 Å². The molecule has 22 heavy (non-hydrogen) atoms. The van der Waals surface area contributed by atoms with E-state index in [9.17, 15) is 5.11 Å². The largest absolute Gasteiger partial charge is 0.490 e. The predicted octanol–water partition coefficient (Wildman–Crippen LogP) is 2.49. The maximum absolute atomic E-state index is 10.2. The second kappa shape index (κ2) is 7.98. The Morgan fingerprint density at radius 3 is 2.59 bits per heavy atom. The van der Waals surface area contributed by atoms with Gasteiger partial charge < -0.3 is 15.2 Å². The van der Waals surface area contributed by atoms with Gasteiger partial charge in [-0.05, 0) is 56.7 Å². The summed E-state index contributed by atoms with van der Waals surface area (Å²) >= 11 is 0. The number of benzene rings is 1. The fourth-order valence-electron chi connectivity index (χ4n) is 3.42. The number of nitrogens with two attached hydrogens (primary N) is 1. The van der Waals surface area contributed by atoms with Crippen LogP contribution in [0.1, 0.15) is 49.3 Å². The van der Waals surface area contributed by atoms with Crippen LogP contribution in [0.25, 0.3) is 0 Å². The summed E-state index contributed by atoms with van der Waals surface area (Å²) in [5.74, 6) is 1.70. The quantitative estimate of drug-likeness (QED) is 0.848. The minimum absolute atomic E-state index is 0.378. The molecule has 1 fully saturated rings. The van der Waals surface area contributed by atoms with Crippen molar-refractivity contribution in [3.8, 4) is 5.75 Å². The summed E-state index contributed by atoms with van der Waals surface area (Å²) in [6.45, 7) is 9.69. The van der Waals surface area contributed by atoms with Crippen LogP contribution in [-0.4, -0.2) is 30.4 Å². The fourth-order valence-corrected chi connectivity index (χ4v) is 3.42. The lowest BCUT2D eigenvalue weighted by atomic mass is 9.86. The number of hydrogen-bond donors (Lipinski definition) is 2. The fraction of sp³-hybridized carbons (Fsp3) is 0.684. The smallest absolute Gasteiger partial charge is 0.137 e. The van der Waals surface area contributed by atoms with Crippen molar-refractivity contribution in [3.63, 3.8) is 0 Å². The minimum atomic E-state index is -0.409. The van der Waals surface area contributed by atoms with Gasteiger partial charge in [-0.25, -0.2) is 0 Å². The summed E-state index contributed by atoms with van der Waals surface area (Å²) in [6, 6.07) is 4.87. The zero-order valence-corrected chi connectivity index (χ0v) is 14.6. The molecule has 3 atom stereocenters. The van der Waals surface area contributed by atoms with E-state index in [1.54, 1.807) is 0 Å². The molecule has 0 saturated heterocycles. The standard InChI is InChI=1S/C19H31NO2/c1-13-9-10-15(3)19(16(13)4)22-12-17(21)11-20-18-8-6-5-7-14(18)2/h9-10,14,17-18,20-21H,5-8,11-12H2,1-4H3/p+1/t14-,17+,18-/m0/s1. The van der Waals surface area contributed by atoms with Crippen molar-refractivity contribution in [1.29, 1.82) is 0 Å². The van der Waals surface area contributed by atoms with E-state index in [2.05, 4.69) is 45.1 Å². The van der Waals surface area contributed by atoms with Crippen LogP contribution >= 0.6 is 0 Å². The molecule has 0 aromatic heterocycles. The maximum atomic E-state index is 10.2. The van der Waals surface area contributed by atoms with Crippen LogP contribution in [0.4, 0.5) is 0 Å². The van der Waals surface area contributed by atoms with Crippen LogP contribution in [-0.2, 0) is 0 Å². The van der Waals surface area contributed by atoms with Gasteiger partial charge in [0.1, 0.15) is 25.0 Å². The Balaban J connectivity index is 1.80. The van der Waals surface area contributed by atoms with Crippen LogP contribution in [0.2, 0.25) is 0 Å². The number of hydrogen-bond acceptors (Lipinski definition) is 2. The summed E-state index contributed by atoms with van der Waals surface area (Å²) in [5.41, 5.74) is 3.55. The number of rotatable bonds is 6. The lowest BCUT2D eigenvalue weighted by Gasteiger charge is -2.27. The molecule has 0 amide bonds. The molecular weight excluding hydrogens is 274 g/mol. The zero-order valence-electron chi connectivity index (χ0n) is 14.6. The van der Waals surface area contributed by atoms with Crippen LogP contribution in [0.3, 0.4) is 0 Å². The lowest BCUT2D eigenvalue weighted by Crippen LogP contribution is -2.93. The van der Waals surface area contributed by atoms with Crippen LogP contribution in [0.15, 0.2) is 12.1 Å². The van der Waals surface area contributed by atoms with Gasteiger partial charge in [0, 0.05) is 5.92 Å². The predicted molar refractivity (Wildman–Crippen MR) is 90.4 cm³/mol. The molecule has 2 rings (SSSR count). The molecule has 0 aliphatic heterocycles. The Kier molecular flexibility index (Phi) is 6.27. The molecule has 0 spiro atoms. The molecular formula is C19H32NO2+. The molecule has 3 heteroatoms. The second-order valence-corrected chi connectivity index (χ2v) is 7.02. The van der Waals surface area contributed by atoms with E-state index in [-0.39, 0.29) is 0 Å². The summed E-state index contributed by atoms with van der Waals surface area (Å²) < 4.78 is 5.91. The monoisotopic (exact) mass is 306 g/mol. The topological polar surface area (TPSA) is 46.1 Å². The SMILES string of the molecule is Cc1ccc(C)c(OC[C@H](O)C[NH2+][C@H]2CCCC[C@@H]2C)c1C. The molecule has 1 saturated carbocycles. The van der Waals surface area contributed by atoms with Gasteiger partial charge in [-0.15, -0.1) is 0 Å². The molecule has 3 N–H and O–H groups in total. The van der Waals surface area contributed by atoms with Crippen LogP contribution < -0.4 is 10.1 Å². The van der Waals surface area contributed by atoms with Gasteiger partial charge in [-0.1, -0.05) is 25.5 Å². The number of aryl methyl sites for hydroxylation is 2. The van der Waals surface area contributed by atoms with E-state index < -0.39 is 6.10 Å². The average molecular weight is 306 g/mol. The van der Waals surface area contributed by atoms with Crippen molar-refractivity contribution in [2.75, 3.05) is 13.2 Å². The van der Waals surface area contributed by atoms with E-state index in [4.69, 9.17) is 4.74 Å². The molecule has 1 aliphatic rings. The Morgan fingerprint density at radius 2 is 1.86 bits per heavy atom. The minimum Gasteiger partial charge on any atom is -0.490 e. The first-order chi connectivity index (χ1) is 10.5. The van der Waals surface area contributed by atoms with E-state index >= 15 is 0 Å². The van der Waals surface area contributed by atoms with Crippen molar-refractivity contribution >= 4 is 0 Å². The van der Waals surface area contributed by atoms with E-state index in [1.165, 1.54) is 36.8 Å². The third-order valence-corrected chi connectivity index (χ3v) is 5.18. The highest BCUT2D eigenvalue weighted by molar-refractivity contribution is 5.44. The van der Waals surface area contributed by atoms with E-state index in [0.29, 0.717) is 12.6 Å². The Morgan fingerprint density at radius 1 is 1.18 bits per heavy atom. The Hall–Kier alpha value is -1.06. The van der Waals surface area contributed by atoms with Gasteiger partial charge >= 0.3 is 0 Å². The molecule has 1 aromatic carbocycles. The van der Waals surface area contributed by atoms with Crippen LogP contribution in [0, 0.1) is 26.7 Å². The number of quaternary nitrogens is 1. The molecule has 0 unspecified atom stereocenters. The highest BCUT2D eigenvalue weighted by Gasteiger charge is 2.24. The van der Waals surface area contributed by atoms with Crippen molar-refractivity contribution in [1.82, 2.24) is 0 Å². The zero-order chi connectivity index (χ0) is 16.1. The molecule has 3 nitrogen and oxygen atoms in total. The molecule has 124 valence electrons. The van der Waals surface area contributed by atoms with Gasteiger partial charge in [-0.2, -0.15) is 0 Å². The molecule has 0 heterocycles. The maximum Gasteiger partial charge on any atom is 0.137 e. The third kappa shape index (κ3) is 4.47. The molecule has 1 aromatic rings. The van der Waals surface area contributed by atoms with Gasteiger partial charge in [0.2, 0.25) is 0 Å². The Labute approximate surface area is 135 Å². The third-order valence-electron chi connectivity index (χ3n) is 5.18. The van der Waals surface area contributed by atoms with Crippen LogP contribution in [0.5, 0.6) is 5.75 Å². The molecule has 0 bridgehead atoms. The second-order valence-electron chi connectivity index (χ2n) is 7.02. The lowest BCUT2D eigenvalue weighted by molar-refractivity contribution is -0.703. The highest BCUT2D eigenvalue weighted by Crippen LogP contribution is 2.25. The van der Waals surface area contributed by atoms with Gasteiger partial charge in [0.05, 0.1) is 6.04 Å². The first-order valence-corrected chi connectivity index (χ1v) is 8.70. The van der Waals surface area contributed by atoms with Crippen molar-refractivity contribution in [2.45, 2.75) is 65.5 Å². The molecule has 0 radical (unpaired) electrons. The van der Waals surface area contributed by atoms with Crippen molar-refractivity contribution in [3.05, 3.63) is 28.8 Å². The first-order valence-electron chi connectivity index (χ1n) is 8.70. The molecule has 1 aliphatic carbocycles. The van der Waals surface area contributed by atoms with Gasteiger partial charge in [0.15, 0.2) is 0 Å². The summed E-state index contributed by atoms with van der Waals surface area (Å²) in [4.78, 5) is 0.